The van der Waals surface area contributed by atoms with E-state index in [4.69, 9.17) is 47.4 Å². The molecular weight excluding hydrogens is 1050 g/mol. The summed E-state index contributed by atoms with van der Waals surface area (Å²) in [4.78, 5) is 6.34. The third kappa shape index (κ3) is 12.3. The molecule has 12 unspecified atom stereocenters. The van der Waals surface area contributed by atoms with Gasteiger partial charge in [0.2, 0.25) is 0 Å². The number of fused-ring (bicyclic) bond motifs is 1. The Morgan fingerprint density at radius 2 is 0.803 bits per heavy atom. The topological polar surface area (TPSA) is 526 Å². The molecule has 32 nitrogen and oxygen atoms in total. The first-order valence-electron chi connectivity index (χ1n) is 23.6. The fraction of sp³-hybridized carbons (Fsp3) is 0.833. The van der Waals surface area contributed by atoms with Gasteiger partial charge >= 0.3 is 0 Å². The van der Waals surface area contributed by atoms with Crippen molar-refractivity contribution in [1.82, 2.24) is 9.97 Å². The summed E-state index contributed by atoms with van der Waals surface area (Å²) in [6.45, 7) is -6.17. The number of H-pyrrole nitrogens is 1. The summed E-state index contributed by atoms with van der Waals surface area (Å²) < 4.78 is 83.2. The number of nitrogens with zero attached hydrogens (tertiary/aromatic N) is 1. The maximum atomic E-state index is 13.8. The molecule has 0 spiro atoms. The van der Waals surface area contributed by atoms with Crippen LogP contribution in [0.5, 0.6) is 0 Å². The average molecular weight is 1110 g/mol. The van der Waals surface area contributed by atoms with Crippen molar-refractivity contribution in [2.24, 2.45) is 0 Å². The second-order valence-corrected chi connectivity index (χ2v) is 18.6. The summed E-state index contributed by atoms with van der Waals surface area (Å²) in [5.74, 6) is -3.06. The van der Waals surface area contributed by atoms with Crippen molar-refractivity contribution in [2.75, 3.05) is 39.6 Å². The Hall–Kier alpha value is -2.65. The molecule has 5 fully saturated rings. The van der Waals surface area contributed by atoms with Gasteiger partial charge in [-0.25, -0.2) is 13.8 Å². The second-order valence-electron chi connectivity index (χ2n) is 18.6. The predicted octanol–water partition coefficient (Wildman–Crippen LogP) is -11.9. The van der Waals surface area contributed by atoms with E-state index in [0.717, 1.165) is 0 Å². The lowest BCUT2D eigenvalue weighted by Gasteiger charge is -2.49. The molecule has 6 heterocycles. The molecule has 0 amide bonds. The van der Waals surface area contributed by atoms with E-state index < -0.39 is 235 Å². The lowest BCUT2D eigenvalue weighted by molar-refractivity contribution is -0.394. The van der Waals surface area contributed by atoms with Gasteiger partial charge in [-0.15, -0.1) is 0 Å². The first kappa shape index (κ1) is 61.0. The summed E-state index contributed by atoms with van der Waals surface area (Å²) in [5.41, 5.74) is -0.300. The van der Waals surface area contributed by atoms with Crippen LogP contribution < -0.4 is 0 Å². The number of hydrogen-bond acceptors (Lipinski definition) is 31. The quantitative estimate of drug-likeness (QED) is 0.0585. The Balaban J connectivity index is 0.966. The number of imidazole rings is 1. The Kier molecular flexibility index (Phi) is 20.7. The van der Waals surface area contributed by atoms with Crippen molar-refractivity contribution in [3.05, 3.63) is 29.6 Å². The van der Waals surface area contributed by atoms with Crippen molar-refractivity contribution in [3.63, 3.8) is 0 Å². The Morgan fingerprint density at radius 1 is 0.461 bits per heavy atom. The number of halogens is 2. The number of aliphatic hydroxyl groups excluding tert-OH is 20. The lowest BCUT2D eigenvalue weighted by atomic mass is 9.95. The van der Waals surface area contributed by atoms with Gasteiger partial charge in [0.25, 0.3) is 0 Å². The van der Waals surface area contributed by atoms with Crippen LogP contribution >= 0.6 is 0 Å². The Morgan fingerprint density at radius 3 is 1.18 bits per heavy atom. The normalized spacial score (nSPS) is 44.2. The van der Waals surface area contributed by atoms with E-state index in [1.807, 2.05) is 0 Å². The standard InChI is InChI=1S/C42H64F2N2O30/c43-9-1-11-12(2-10(9)44)46-37(45-11)26(61)21(56)32(13(53)3-47)72-39-28(63)22(57)34(15(5-49)68-39)74-41-30(65)24(59)36(17(7-51)70-41)76-42-31(66)25(60)35(18(8-52)71-42)75-40-29(64)23(58)33(16(6-50)69-40)73-38-27(62)20(55)19(54)14(4-48)67-38/h1-2,13-36,38-42,47-66H,3-8H2,(H,45,46)/t13?,14?,15?,16?,17?,18?,19-,20?,21-,22?,23?,24?,25?,26?,27+,28+,29+,30+,31+,32+,33-,34-,35-,36-,38-,39-,40-,41-,42-/m1/s1. The van der Waals surface area contributed by atoms with Crippen LogP contribution in [-0.4, -0.2) is 324 Å². The molecule has 5 saturated heterocycles. The number of hydrogen-bond donors (Lipinski definition) is 21. The molecule has 5 aliphatic rings. The van der Waals surface area contributed by atoms with Crippen molar-refractivity contribution in [1.29, 1.82) is 0 Å². The van der Waals surface area contributed by atoms with Crippen LogP contribution in [0.25, 0.3) is 11.0 Å². The van der Waals surface area contributed by atoms with Gasteiger partial charge in [0.05, 0.1) is 50.7 Å². The number of rotatable bonds is 20. The molecule has 34 heteroatoms. The molecule has 29 atom stereocenters. The fourth-order valence-corrected chi connectivity index (χ4v) is 9.30. The molecule has 1 aromatic carbocycles. The molecule has 0 radical (unpaired) electrons. The van der Waals surface area contributed by atoms with E-state index in [-0.39, 0.29) is 11.0 Å². The number of aromatic nitrogens is 2. The molecule has 21 N–H and O–H groups in total. The van der Waals surface area contributed by atoms with Crippen LogP contribution in [0.1, 0.15) is 11.9 Å². The summed E-state index contributed by atoms with van der Waals surface area (Å²) in [5, 5.41) is 213. The second kappa shape index (κ2) is 25.9. The Labute approximate surface area is 426 Å². The molecule has 5 aliphatic heterocycles. The van der Waals surface area contributed by atoms with Crippen LogP contribution in [0.3, 0.4) is 0 Å². The highest BCUT2D eigenvalue weighted by Crippen LogP contribution is 2.37. The zero-order chi connectivity index (χ0) is 55.8. The number of aromatic amines is 1. The van der Waals surface area contributed by atoms with E-state index in [1.165, 1.54) is 0 Å². The van der Waals surface area contributed by atoms with Crippen molar-refractivity contribution in [3.8, 4) is 0 Å². The summed E-state index contributed by atoms with van der Waals surface area (Å²) in [6, 6.07) is 1.39. The highest BCUT2D eigenvalue weighted by Gasteiger charge is 2.57. The third-order valence-corrected chi connectivity index (χ3v) is 13.6. The Bertz CT molecular complexity index is 2100. The summed E-state index contributed by atoms with van der Waals surface area (Å²) in [6.07, 6.45) is -57.7. The molecule has 0 aliphatic carbocycles. The molecule has 436 valence electrons. The molecule has 7 rings (SSSR count). The van der Waals surface area contributed by atoms with Crippen molar-refractivity contribution in [2.45, 2.75) is 178 Å². The lowest BCUT2D eigenvalue weighted by Crippen LogP contribution is -2.68. The molecule has 0 bridgehead atoms. The van der Waals surface area contributed by atoms with Gasteiger partial charge in [-0.2, -0.15) is 0 Å². The number of ether oxygens (including phenoxy) is 10. The van der Waals surface area contributed by atoms with E-state index in [9.17, 15) is 111 Å². The molecule has 0 saturated carbocycles. The van der Waals surface area contributed by atoms with Gasteiger partial charge in [0.1, 0.15) is 152 Å². The molecule has 76 heavy (non-hydrogen) atoms. The zero-order valence-corrected chi connectivity index (χ0v) is 39.4. The first-order valence-corrected chi connectivity index (χ1v) is 23.6. The largest absolute Gasteiger partial charge is 0.394 e. The fourth-order valence-electron chi connectivity index (χ4n) is 9.30. The van der Waals surface area contributed by atoms with E-state index in [2.05, 4.69) is 9.97 Å². The van der Waals surface area contributed by atoms with Gasteiger partial charge in [0.15, 0.2) is 43.1 Å². The smallest absolute Gasteiger partial charge is 0.187 e. The molecular formula is C42H64F2N2O30. The van der Waals surface area contributed by atoms with Gasteiger partial charge in [-0.05, 0) is 0 Å². The van der Waals surface area contributed by atoms with Crippen LogP contribution in [0.15, 0.2) is 12.1 Å². The van der Waals surface area contributed by atoms with Crippen LogP contribution in [0.4, 0.5) is 8.78 Å². The monoisotopic (exact) mass is 1110 g/mol. The number of nitrogens with one attached hydrogen (secondary N) is 1. The van der Waals surface area contributed by atoms with Crippen molar-refractivity contribution >= 4 is 11.0 Å². The van der Waals surface area contributed by atoms with Gasteiger partial charge in [-0.3, -0.25) is 0 Å². The first-order chi connectivity index (χ1) is 36.0. The van der Waals surface area contributed by atoms with Crippen LogP contribution in [0, 0.1) is 11.6 Å². The van der Waals surface area contributed by atoms with E-state index in [1.54, 1.807) is 0 Å². The minimum absolute atomic E-state index is 0.115. The number of aliphatic hydroxyl groups is 20. The molecule has 2 aromatic rings. The minimum atomic E-state index is -2.27. The summed E-state index contributed by atoms with van der Waals surface area (Å²) >= 11 is 0. The zero-order valence-electron chi connectivity index (χ0n) is 39.4. The minimum Gasteiger partial charge on any atom is -0.394 e. The maximum absolute atomic E-state index is 13.8. The highest BCUT2D eigenvalue weighted by atomic mass is 19.2. The maximum Gasteiger partial charge on any atom is 0.187 e. The third-order valence-electron chi connectivity index (χ3n) is 13.6. The predicted molar refractivity (Wildman–Crippen MR) is 229 cm³/mol. The van der Waals surface area contributed by atoms with E-state index in [0.29, 0.717) is 12.1 Å². The number of benzene rings is 1. The van der Waals surface area contributed by atoms with Crippen molar-refractivity contribution < 1.29 is 158 Å². The SMILES string of the molecule is OCC1O[C@H](O[C@@H]2C(CO)O[C@H](O[C@@H]3C(CO)O[C@H](O[C@@H]4C(CO)O[C@H](O[C@@H]5C(CO)O[C@H](O[C@@H](C(O)CO)[C@H](O)C(O)c6nc7cc(F)c(F)cc7[nH]6)[C@@H](O)C5O)[C@@H](O)C4O)[C@@H](O)C3O)[C@@H](O)C2O)[C@@H](O)C(O)[C@@H]1O. The average Bonchev–Trinajstić information content (AvgIpc) is 3.82. The highest BCUT2D eigenvalue weighted by molar-refractivity contribution is 5.75. The van der Waals surface area contributed by atoms with E-state index >= 15 is 0 Å². The van der Waals surface area contributed by atoms with Crippen LogP contribution in [0.2, 0.25) is 0 Å². The summed E-state index contributed by atoms with van der Waals surface area (Å²) in [7, 11) is 0. The molecule has 1 aromatic heterocycles. The van der Waals surface area contributed by atoms with Gasteiger partial charge < -0.3 is 154 Å². The van der Waals surface area contributed by atoms with Gasteiger partial charge in [0, 0.05) is 12.1 Å². The van der Waals surface area contributed by atoms with Gasteiger partial charge in [-0.1, -0.05) is 0 Å². The van der Waals surface area contributed by atoms with Crippen LogP contribution in [-0.2, 0) is 47.4 Å².